The number of nitrogens with one attached hydrogen (secondary N) is 1. The summed E-state index contributed by atoms with van der Waals surface area (Å²) in [6.45, 7) is 7.74. The maximum absolute atomic E-state index is 13.9. The lowest BCUT2D eigenvalue weighted by atomic mass is 9.84. The van der Waals surface area contributed by atoms with Gasteiger partial charge in [-0.3, -0.25) is 9.59 Å². The zero-order valence-electron chi connectivity index (χ0n) is 22.1. The molecular formula is C26H33N5O5S2. The number of aliphatic hydroxyl groups excluding tert-OH is 1. The number of aliphatic imine (C=N–C) groups is 1. The molecule has 2 N–H and O–H groups in total. The summed E-state index contributed by atoms with van der Waals surface area (Å²) >= 11 is 1.55. The fourth-order valence-electron chi connectivity index (χ4n) is 5.78. The molecule has 12 heteroatoms. The Bertz CT molecular complexity index is 1420. The molecule has 1 aromatic heterocycles. The van der Waals surface area contributed by atoms with E-state index >= 15 is 0 Å². The van der Waals surface area contributed by atoms with Crippen molar-refractivity contribution in [2.24, 2.45) is 10.4 Å². The summed E-state index contributed by atoms with van der Waals surface area (Å²) in [7, 11) is -3.61. The number of aryl methyl sites for hydroxylation is 1. The average molecular weight is 560 g/mol. The van der Waals surface area contributed by atoms with E-state index in [0.29, 0.717) is 17.8 Å². The number of thiazole rings is 1. The van der Waals surface area contributed by atoms with Crippen molar-refractivity contribution < 1.29 is 23.1 Å². The molecule has 3 aliphatic rings. The number of carbonyl (C=O) groups is 2. The van der Waals surface area contributed by atoms with E-state index in [1.54, 1.807) is 23.8 Å². The van der Waals surface area contributed by atoms with Crippen molar-refractivity contribution in [3.63, 3.8) is 0 Å². The third-order valence-electron chi connectivity index (χ3n) is 8.02. The van der Waals surface area contributed by atoms with Crippen LogP contribution in [0.25, 0.3) is 10.4 Å². The van der Waals surface area contributed by atoms with Gasteiger partial charge in [-0.15, -0.1) is 11.3 Å². The number of nitrogens with zero attached hydrogens (tertiary/aromatic N) is 4. The normalized spacial score (nSPS) is 29.5. The van der Waals surface area contributed by atoms with Crippen LogP contribution < -0.4 is 5.32 Å². The van der Waals surface area contributed by atoms with Gasteiger partial charge < -0.3 is 15.3 Å². The summed E-state index contributed by atoms with van der Waals surface area (Å²) in [4.78, 5) is 38.7. The standard InChI is InChI=1S/C26H33N5O5S2/c1-15-20(37-14-27-15)16-6-8-17(9-7-16)26(4)24(34)28-22(29-26)19-12-18(32)13-30(19)23(33)21-25(2,3)10-11-31(21)38(5,35)36/h6-9,14,18-19,21,32H,10-13H2,1-5H3,(H,28,29,34)/t18-,19-,21?,26+/m1/s1. The Balaban J connectivity index is 1.45. The Morgan fingerprint density at radius 3 is 2.50 bits per heavy atom. The van der Waals surface area contributed by atoms with Crippen LogP contribution in [0.1, 0.15) is 44.9 Å². The van der Waals surface area contributed by atoms with Crippen LogP contribution in [0.4, 0.5) is 0 Å². The van der Waals surface area contributed by atoms with Gasteiger partial charge in [0.15, 0.2) is 5.54 Å². The van der Waals surface area contributed by atoms with Crippen LogP contribution in [0.2, 0.25) is 0 Å². The number of aromatic nitrogens is 1. The van der Waals surface area contributed by atoms with Crippen LogP contribution in [0.15, 0.2) is 34.8 Å². The van der Waals surface area contributed by atoms with Gasteiger partial charge in [-0.25, -0.2) is 18.4 Å². The second-order valence-corrected chi connectivity index (χ2v) is 14.1. The fourth-order valence-corrected chi connectivity index (χ4v) is 7.77. The molecule has 5 rings (SSSR count). The maximum Gasteiger partial charge on any atom is 0.257 e. The topological polar surface area (TPSA) is 132 Å². The first-order valence-electron chi connectivity index (χ1n) is 12.6. The Labute approximate surface area is 226 Å². The van der Waals surface area contributed by atoms with Gasteiger partial charge in [0, 0.05) is 19.5 Å². The molecule has 0 saturated carbocycles. The molecule has 0 spiro atoms. The fraction of sp³-hybridized carbons (Fsp3) is 0.538. The molecule has 2 saturated heterocycles. The first-order chi connectivity index (χ1) is 17.7. The average Bonchev–Trinajstić information content (AvgIpc) is 3.59. The number of amides is 2. The minimum atomic E-state index is -3.61. The van der Waals surface area contributed by atoms with Crippen molar-refractivity contribution in [1.82, 2.24) is 19.5 Å². The van der Waals surface area contributed by atoms with Gasteiger partial charge in [-0.1, -0.05) is 38.1 Å². The van der Waals surface area contributed by atoms with Crippen molar-refractivity contribution in [3.8, 4) is 10.4 Å². The number of carbonyl (C=O) groups excluding carboxylic acids is 2. The van der Waals surface area contributed by atoms with Crippen LogP contribution in [-0.2, 0) is 25.2 Å². The molecule has 1 aromatic carbocycles. The molecule has 0 aliphatic carbocycles. The first-order valence-corrected chi connectivity index (χ1v) is 15.3. The van der Waals surface area contributed by atoms with Gasteiger partial charge in [0.05, 0.1) is 34.5 Å². The maximum atomic E-state index is 13.9. The summed E-state index contributed by atoms with van der Waals surface area (Å²) in [5, 5.41) is 13.4. The molecule has 4 atom stereocenters. The number of amidine groups is 1. The molecule has 0 bridgehead atoms. The quantitative estimate of drug-likeness (QED) is 0.575. The molecule has 0 radical (unpaired) electrons. The summed E-state index contributed by atoms with van der Waals surface area (Å²) in [5.41, 5.74) is 2.66. The highest BCUT2D eigenvalue weighted by atomic mass is 32.2. The van der Waals surface area contributed by atoms with Crippen molar-refractivity contribution >= 4 is 39.0 Å². The molecule has 38 heavy (non-hydrogen) atoms. The van der Waals surface area contributed by atoms with E-state index in [4.69, 9.17) is 4.99 Å². The molecular weight excluding hydrogens is 526 g/mol. The highest BCUT2D eigenvalue weighted by molar-refractivity contribution is 7.88. The summed E-state index contributed by atoms with van der Waals surface area (Å²) < 4.78 is 26.2. The van der Waals surface area contributed by atoms with E-state index in [1.165, 1.54) is 9.21 Å². The largest absolute Gasteiger partial charge is 0.391 e. The Morgan fingerprint density at radius 2 is 1.89 bits per heavy atom. The van der Waals surface area contributed by atoms with Crippen LogP contribution in [0.5, 0.6) is 0 Å². The van der Waals surface area contributed by atoms with E-state index in [1.807, 2.05) is 45.0 Å². The number of likely N-dealkylation sites (tertiary alicyclic amines) is 1. The lowest BCUT2D eigenvalue weighted by molar-refractivity contribution is -0.137. The van der Waals surface area contributed by atoms with Crippen molar-refractivity contribution in [2.45, 2.75) is 64.3 Å². The second kappa shape index (κ2) is 9.22. The Morgan fingerprint density at radius 1 is 1.21 bits per heavy atom. The minimum absolute atomic E-state index is 0.0438. The highest BCUT2D eigenvalue weighted by Crippen LogP contribution is 2.40. The van der Waals surface area contributed by atoms with E-state index in [0.717, 1.165) is 22.4 Å². The third-order valence-corrected chi connectivity index (χ3v) is 10.2. The van der Waals surface area contributed by atoms with Crippen LogP contribution in [-0.4, -0.2) is 82.9 Å². The number of rotatable bonds is 5. The molecule has 2 fully saturated rings. The predicted octanol–water partition coefficient (Wildman–Crippen LogP) is 1.88. The molecule has 2 aromatic rings. The second-order valence-electron chi connectivity index (χ2n) is 11.3. The van der Waals surface area contributed by atoms with Crippen LogP contribution >= 0.6 is 11.3 Å². The van der Waals surface area contributed by atoms with Crippen LogP contribution in [0, 0.1) is 12.3 Å². The smallest absolute Gasteiger partial charge is 0.257 e. The Kier molecular flexibility index (Phi) is 6.53. The van der Waals surface area contributed by atoms with Gasteiger partial charge in [-0.2, -0.15) is 4.31 Å². The number of hydrogen-bond acceptors (Lipinski definition) is 8. The molecule has 2 amide bonds. The first kappa shape index (κ1) is 26.9. The zero-order chi connectivity index (χ0) is 27.6. The van der Waals surface area contributed by atoms with E-state index in [9.17, 15) is 23.1 Å². The number of β-amino-alcohol motifs (C(OH)–C–C–N with tert-alkyl or cyclic N) is 1. The lowest BCUT2D eigenvalue weighted by Crippen LogP contribution is -2.55. The number of benzene rings is 1. The number of aliphatic hydroxyl groups is 1. The molecule has 204 valence electrons. The number of sulfonamides is 1. The summed E-state index contributed by atoms with van der Waals surface area (Å²) in [6, 6.07) is 6.07. The van der Waals surface area contributed by atoms with Crippen molar-refractivity contribution in [2.75, 3.05) is 19.3 Å². The van der Waals surface area contributed by atoms with E-state index < -0.39 is 39.2 Å². The minimum Gasteiger partial charge on any atom is -0.391 e. The Hall–Kier alpha value is -2.67. The molecule has 1 unspecified atom stereocenters. The lowest BCUT2D eigenvalue weighted by Gasteiger charge is -2.35. The summed E-state index contributed by atoms with van der Waals surface area (Å²) in [6.07, 6.45) is 1.05. The number of hydrogen-bond donors (Lipinski definition) is 2. The van der Waals surface area contributed by atoms with E-state index in [2.05, 4.69) is 10.3 Å². The predicted molar refractivity (Wildman–Crippen MR) is 145 cm³/mol. The molecule has 10 nitrogen and oxygen atoms in total. The van der Waals surface area contributed by atoms with Crippen molar-refractivity contribution in [1.29, 1.82) is 0 Å². The third kappa shape index (κ3) is 4.47. The zero-order valence-corrected chi connectivity index (χ0v) is 23.8. The summed E-state index contributed by atoms with van der Waals surface area (Å²) in [5.74, 6) is -0.386. The van der Waals surface area contributed by atoms with Gasteiger partial charge in [0.2, 0.25) is 15.9 Å². The highest BCUT2D eigenvalue weighted by Gasteiger charge is 2.53. The van der Waals surface area contributed by atoms with Gasteiger partial charge in [0.1, 0.15) is 11.9 Å². The SMILES string of the molecule is Cc1ncsc1-c1ccc([C@]2(C)N=C([C@H]3C[C@@H](O)CN3C(=O)C3N(S(C)(=O)=O)CCC3(C)C)NC2=O)cc1. The van der Waals surface area contributed by atoms with Crippen LogP contribution in [0.3, 0.4) is 0 Å². The molecule has 4 heterocycles. The van der Waals surface area contributed by atoms with E-state index in [-0.39, 0.29) is 31.3 Å². The molecule has 3 aliphatic heterocycles. The van der Waals surface area contributed by atoms with Gasteiger partial charge >= 0.3 is 0 Å². The van der Waals surface area contributed by atoms with Gasteiger partial charge in [-0.05, 0) is 36.8 Å². The monoisotopic (exact) mass is 559 g/mol. The van der Waals surface area contributed by atoms with Crippen molar-refractivity contribution in [3.05, 3.63) is 41.0 Å². The van der Waals surface area contributed by atoms with Gasteiger partial charge in [0.25, 0.3) is 5.91 Å².